The minimum Gasteiger partial charge on any atom is -0.493 e. The Kier molecular flexibility index (Phi) is 7.19. The summed E-state index contributed by atoms with van der Waals surface area (Å²) in [5, 5.41) is 0. The number of ether oxygens (including phenoxy) is 2. The van der Waals surface area contributed by atoms with Gasteiger partial charge in [-0.25, -0.2) is 8.42 Å². The number of methoxy groups -OCH3 is 2. The van der Waals surface area contributed by atoms with E-state index in [9.17, 15) is 13.2 Å². The fraction of sp³-hybridized carbons (Fsp3) is 0.409. The highest BCUT2D eigenvalue weighted by Gasteiger charge is 2.29. The highest BCUT2D eigenvalue weighted by Crippen LogP contribution is 2.31. The van der Waals surface area contributed by atoms with E-state index in [0.717, 1.165) is 5.56 Å². The summed E-state index contributed by atoms with van der Waals surface area (Å²) in [5.74, 6) is 0.836. The van der Waals surface area contributed by atoms with Crippen molar-refractivity contribution in [2.45, 2.75) is 11.4 Å². The molecule has 2 aromatic carbocycles. The summed E-state index contributed by atoms with van der Waals surface area (Å²) in [6, 6.07) is 12.2. The van der Waals surface area contributed by atoms with Crippen molar-refractivity contribution in [3.63, 3.8) is 0 Å². The van der Waals surface area contributed by atoms with E-state index in [4.69, 9.17) is 9.47 Å². The first-order chi connectivity index (χ1) is 14.8. The smallest absolute Gasteiger partial charge is 0.253 e. The minimum atomic E-state index is -3.62. The third kappa shape index (κ3) is 5.17. The van der Waals surface area contributed by atoms with E-state index in [1.807, 2.05) is 18.2 Å². The van der Waals surface area contributed by atoms with Crippen LogP contribution in [0.3, 0.4) is 0 Å². The summed E-state index contributed by atoms with van der Waals surface area (Å²) in [6.07, 6.45) is 0. The SMILES string of the molecule is COc1ccc(S(=O)(=O)N2CCN(Cc3cccc(C(=O)N(C)C)c3)CC2)cc1OC. The third-order valence-corrected chi connectivity index (χ3v) is 7.20. The number of sulfonamides is 1. The zero-order chi connectivity index (χ0) is 22.6. The largest absolute Gasteiger partial charge is 0.493 e. The topological polar surface area (TPSA) is 79.4 Å². The number of piperazine rings is 1. The Hall–Kier alpha value is -2.62. The van der Waals surface area contributed by atoms with Crippen molar-refractivity contribution < 1.29 is 22.7 Å². The quantitative estimate of drug-likeness (QED) is 0.645. The second-order valence-electron chi connectivity index (χ2n) is 7.60. The molecular weight excluding hydrogens is 418 g/mol. The molecule has 0 atom stereocenters. The van der Waals surface area contributed by atoms with Crippen molar-refractivity contribution in [3.8, 4) is 11.5 Å². The van der Waals surface area contributed by atoms with Crippen molar-refractivity contribution >= 4 is 15.9 Å². The molecule has 1 amide bonds. The van der Waals surface area contributed by atoms with Gasteiger partial charge in [0.05, 0.1) is 19.1 Å². The molecule has 3 rings (SSSR count). The monoisotopic (exact) mass is 447 g/mol. The van der Waals surface area contributed by atoms with Gasteiger partial charge in [0.1, 0.15) is 0 Å². The van der Waals surface area contributed by atoms with Crippen LogP contribution in [0, 0.1) is 0 Å². The maximum absolute atomic E-state index is 13.1. The van der Waals surface area contributed by atoms with Crippen LogP contribution in [0.1, 0.15) is 15.9 Å². The first kappa shape index (κ1) is 23.1. The lowest BCUT2D eigenvalue weighted by Gasteiger charge is -2.34. The summed E-state index contributed by atoms with van der Waals surface area (Å²) in [4.78, 5) is 16.1. The summed E-state index contributed by atoms with van der Waals surface area (Å²) in [7, 11) is 2.83. The van der Waals surface area contributed by atoms with E-state index in [1.165, 1.54) is 30.7 Å². The third-order valence-electron chi connectivity index (χ3n) is 5.31. The molecule has 0 spiro atoms. The molecule has 1 aliphatic heterocycles. The molecule has 0 radical (unpaired) electrons. The van der Waals surface area contributed by atoms with Crippen molar-refractivity contribution in [2.75, 3.05) is 54.5 Å². The first-order valence-electron chi connectivity index (χ1n) is 10.0. The molecule has 0 saturated carbocycles. The van der Waals surface area contributed by atoms with Gasteiger partial charge in [0.2, 0.25) is 10.0 Å². The van der Waals surface area contributed by atoms with E-state index in [1.54, 1.807) is 31.1 Å². The fourth-order valence-electron chi connectivity index (χ4n) is 3.57. The van der Waals surface area contributed by atoms with Crippen LogP contribution in [0.15, 0.2) is 47.4 Å². The van der Waals surface area contributed by atoms with E-state index < -0.39 is 10.0 Å². The van der Waals surface area contributed by atoms with Crippen molar-refractivity contribution in [1.82, 2.24) is 14.1 Å². The molecule has 9 heteroatoms. The Bertz CT molecular complexity index is 1030. The highest BCUT2D eigenvalue weighted by atomic mass is 32.2. The van der Waals surface area contributed by atoms with Crippen molar-refractivity contribution in [2.24, 2.45) is 0 Å². The van der Waals surface area contributed by atoms with Crippen molar-refractivity contribution in [1.29, 1.82) is 0 Å². The predicted octanol–water partition coefficient (Wildman–Crippen LogP) is 1.91. The van der Waals surface area contributed by atoms with Crippen LogP contribution < -0.4 is 9.47 Å². The second-order valence-corrected chi connectivity index (χ2v) is 9.53. The molecule has 1 fully saturated rings. The van der Waals surface area contributed by atoms with E-state index >= 15 is 0 Å². The average Bonchev–Trinajstić information content (AvgIpc) is 2.78. The number of hydrogen-bond donors (Lipinski definition) is 0. The zero-order valence-corrected chi connectivity index (χ0v) is 19.2. The second kappa shape index (κ2) is 9.67. The van der Waals surface area contributed by atoms with E-state index in [-0.39, 0.29) is 10.8 Å². The Morgan fingerprint density at radius 3 is 2.26 bits per heavy atom. The number of hydrogen-bond acceptors (Lipinski definition) is 6. The Morgan fingerprint density at radius 2 is 1.65 bits per heavy atom. The van der Waals surface area contributed by atoms with Gasteiger partial charge in [-0.3, -0.25) is 9.69 Å². The van der Waals surface area contributed by atoms with Gasteiger partial charge in [-0.2, -0.15) is 4.31 Å². The van der Waals surface area contributed by atoms with Crippen LogP contribution in [0.25, 0.3) is 0 Å². The van der Waals surface area contributed by atoms with Gasteiger partial charge in [-0.05, 0) is 29.8 Å². The standard InChI is InChI=1S/C22H29N3O5S/c1-23(2)22(26)18-7-5-6-17(14-18)16-24-10-12-25(13-11-24)31(27,28)19-8-9-20(29-3)21(15-19)30-4/h5-9,14-15H,10-13,16H2,1-4H3. The molecule has 1 heterocycles. The van der Waals surface area contributed by atoms with Crippen molar-refractivity contribution in [3.05, 3.63) is 53.6 Å². The molecule has 8 nitrogen and oxygen atoms in total. The Balaban J connectivity index is 1.65. The highest BCUT2D eigenvalue weighted by molar-refractivity contribution is 7.89. The maximum atomic E-state index is 13.1. The number of benzene rings is 2. The summed E-state index contributed by atoms with van der Waals surface area (Å²) >= 11 is 0. The first-order valence-corrected chi connectivity index (χ1v) is 11.5. The molecule has 2 aromatic rings. The van der Waals surface area contributed by atoms with Crippen LogP contribution in [0.5, 0.6) is 11.5 Å². The Morgan fingerprint density at radius 1 is 0.968 bits per heavy atom. The van der Waals surface area contributed by atoms with E-state index in [0.29, 0.717) is 49.8 Å². The number of nitrogens with zero attached hydrogens (tertiary/aromatic N) is 3. The van der Waals surface area contributed by atoms with Gasteiger partial charge in [-0.1, -0.05) is 12.1 Å². The van der Waals surface area contributed by atoms with Crippen LogP contribution in [-0.2, 0) is 16.6 Å². The summed E-state index contributed by atoms with van der Waals surface area (Å²) < 4.78 is 38.1. The number of carbonyl (C=O) groups is 1. The molecule has 0 aromatic heterocycles. The van der Waals surface area contributed by atoms with Gasteiger partial charge in [0, 0.05) is 58.4 Å². The molecule has 1 saturated heterocycles. The number of amides is 1. The van der Waals surface area contributed by atoms with Crippen LogP contribution in [0.2, 0.25) is 0 Å². The molecular formula is C22H29N3O5S. The zero-order valence-electron chi connectivity index (χ0n) is 18.4. The maximum Gasteiger partial charge on any atom is 0.253 e. The molecule has 1 aliphatic rings. The lowest BCUT2D eigenvalue weighted by molar-refractivity contribution is 0.0827. The fourth-order valence-corrected chi connectivity index (χ4v) is 5.01. The molecule has 168 valence electrons. The average molecular weight is 448 g/mol. The molecule has 31 heavy (non-hydrogen) atoms. The van der Waals surface area contributed by atoms with Gasteiger partial charge >= 0.3 is 0 Å². The summed E-state index contributed by atoms with van der Waals surface area (Å²) in [5.41, 5.74) is 1.68. The van der Waals surface area contributed by atoms with Gasteiger partial charge in [0.25, 0.3) is 5.91 Å². The van der Waals surface area contributed by atoms with Gasteiger partial charge in [-0.15, -0.1) is 0 Å². The molecule has 0 bridgehead atoms. The lowest BCUT2D eigenvalue weighted by Crippen LogP contribution is -2.48. The van der Waals surface area contributed by atoms with E-state index in [2.05, 4.69) is 4.90 Å². The normalized spacial score (nSPS) is 15.5. The molecule has 0 aliphatic carbocycles. The van der Waals surface area contributed by atoms with Gasteiger partial charge < -0.3 is 14.4 Å². The van der Waals surface area contributed by atoms with Crippen LogP contribution >= 0.6 is 0 Å². The van der Waals surface area contributed by atoms with Crippen LogP contribution in [-0.4, -0.2) is 82.9 Å². The summed E-state index contributed by atoms with van der Waals surface area (Å²) in [6.45, 7) is 2.68. The molecule has 0 unspecified atom stereocenters. The lowest BCUT2D eigenvalue weighted by atomic mass is 10.1. The number of rotatable bonds is 7. The van der Waals surface area contributed by atoms with Gasteiger partial charge in [0.15, 0.2) is 11.5 Å². The Labute approximate surface area is 184 Å². The predicted molar refractivity (Wildman–Crippen MR) is 118 cm³/mol. The minimum absolute atomic E-state index is 0.0346. The van der Waals surface area contributed by atoms with Crippen LogP contribution in [0.4, 0.5) is 0 Å². The molecule has 0 N–H and O–H groups in total. The number of carbonyl (C=O) groups excluding carboxylic acids is 1.